The number of alkyl carbamates (subject to hydrolysis) is 1. The lowest BCUT2D eigenvalue weighted by atomic mass is 9.77. The molecule has 0 aromatic heterocycles. The third kappa shape index (κ3) is 4.94. The molecular formula is C30H31BFNO5. The standard InChI is InChI=1S/C30H31BFNO5/c1-29(2)30(3,4)38-31(37-29)20(15-19-13-14-21(32)16-27(19)34)17-33-28(35)36-18-26-24-11-7-5-9-22(24)23-10-6-8-12-25(23)26/h5-16,26,34H,17-18H2,1-4H3,(H,33,35). The van der Waals surface area contributed by atoms with E-state index in [0.717, 1.165) is 28.3 Å². The van der Waals surface area contributed by atoms with Gasteiger partial charge in [-0.2, -0.15) is 0 Å². The molecule has 1 fully saturated rings. The van der Waals surface area contributed by atoms with Crippen molar-refractivity contribution in [2.24, 2.45) is 0 Å². The summed E-state index contributed by atoms with van der Waals surface area (Å²) in [5, 5.41) is 13.0. The van der Waals surface area contributed by atoms with Gasteiger partial charge in [-0.1, -0.05) is 54.6 Å². The lowest BCUT2D eigenvalue weighted by molar-refractivity contribution is 0.00578. The van der Waals surface area contributed by atoms with Gasteiger partial charge in [0.1, 0.15) is 18.2 Å². The van der Waals surface area contributed by atoms with E-state index in [-0.39, 0.29) is 24.8 Å². The zero-order chi connectivity index (χ0) is 27.1. The van der Waals surface area contributed by atoms with E-state index in [4.69, 9.17) is 14.0 Å². The molecule has 3 aromatic carbocycles. The van der Waals surface area contributed by atoms with Crippen molar-refractivity contribution in [3.8, 4) is 16.9 Å². The summed E-state index contributed by atoms with van der Waals surface area (Å²) in [6.45, 7) is 7.95. The zero-order valence-corrected chi connectivity index (χ0v) is 22.0. The molecule has 0 bridgehead atoms. The Morgan fingerprint density at radius 2 is 1.58 bits per heavy atom. The van der Waals surface area contributed by atoms with Gasteiger partial charge >= 0.3 is 13.2 Å². The number of carbonyl (C=O) groups is 1. The molecule has 2 N–H and O–H groups in total. The summed E-state index contributed by atoms with van der Waals surface area (Å²) in [6, 6.07) is 20.0. The fourth-order valence-electron chi connectivity index (χ4n) is 4.86. The highest BCUT2D eigenvalue weighted by Crippen LogP contribution is 2.44. The van der Waals surface area contributed by atoms with Gasteiger partial charge in [0, 0.05) is 24.1 Å². The second-order valence-electron chi connectivity index (χ2n) is 10.7. The van der Waals surface area contributed by atoms with E-state index in [1.807, 2.05) is 52.0 Å². The topological polar surface area (TPSA) is 77.0 Å². The largest absolute Gasteiger partial charge is 0.507 e. The smallest absolute Gasteiger partial charge is 0.492 e. The molecule has 1 heterocycles. The number of hydrogen-bond acceptors (Lipinski definition) is 5. The van der Waals surface area contributed by atoms with Gasteiger partial charge in [-0.25, -0.2) is 9.18 Å². The molecule has 0 radical (unpaired) electrons. The molecule has 0 unspecified atom stereocenters. The molecule has 6 nitrogen and oxygen atoms in total. The molecule has 196 valence electrons. The Morgan fingerprint density at radius 3 is 2.16 bits per heavy atom. The highest BCUT2D eigenvalue weighted by Gasteiger charge is 2.52. The van der Waals surface area contributed by atoms with Crippen LogP contribution in [0.5, 0.6) is 5.75 Å². The van der Waals surface area contributed by atoms with Gasteiger partial charge < -0.3 is 24.5 Å². The molecule has 2 aliphatic rings. The minimum atomic E-state index is -0.779. The van der Waals surface area contributed by atoms with E-state index in [0.29, 0.717) is 11.0 Å². The number of rotatable bonds is 6. The van der Waals surface area contributed by atoms with Gasteiger partial charge in [0.15, 0.2) is 0 Å². The summed E-state index contributed by atoms with van der Waals surface area (Å²) in [5.74, 6) is -0.823. The Labute approximate surface area is 222 Å². The fraction of sp³-hybridized carbons (Fsp3) is 0.300. The average Bonchev–Trinajstić information content (AvgIpc) is 3.30. The monoisotopic (exact) mass is 515 g/mol. The summed E-state index contributed by atoms with van der Waals surface area (Å²) < 4.78 is 31.6. The number of ether oxygens (including phenoxy) is 1. The van der Waals surface area contributed by atoms with E-state index in [1.165, 1.54) is 12.1 Å². The van der Waals surface area contributed by atoms with Crippen LogP contribution < -0.4 is 5.32 Å². The average molecular weight is 515 g/mol. The number of amides is 1. The molecule has 1 amide bonds. The molecule has 1 saturated heterocycles. The first kappa shape index (κ1) is 26.0. The maximum absolute atomic E-state index is 13.5. The minimum Gasteiger partial charge on any atom is -0.507 e. The van der Waals surface area contributed by atoms with Crippen molar-refractivity contribution in [3.63, 3.8) is 0 Å². The Bertz CT molecular complexity index is 1340. The molecule has 38 heavy (non-hydrogen) atoms. The molecule has 5 rings (SSSR count). The predicted molar refractivity (Wildman–Crippen MR) is 145 cm³/mol. The Balaban J connectivity index is 1.31. The number of phenols is 1. The van der Waals surface area contributed by atoms with Crippen LogP contribution in [-0.4, -0.2) is 42.7 Å². The van der Waals surface area contributed by atoms with Gasteiger partial charge in [0.25, 0.3) is 0 Å². The fourth-order valence-corrected chi connectivity index (χ4v) is 4.86. The first-order valence-corrected chi connectivity index (χ1v) is 12.7. The van der Waals surface area contributed by atoms with Crippen LogP contribution in [0.3, 0.4) is 0 Å². The third-order valence-electron chi connectivity index (χ3n) is 7.67. The number of phenolic OH excluding ortho intramolecular Hbond substituents is 1. The van der Waals surface area contributed by atoms with Gasteiger partial charge in [0.05, 0.1) is 11.2 Å². The maximum Gasteiger partial charge on any atom is 0.492 e. The van der Waals surface area contributed by atoms with E-state index >= 15 is 0 Å². The molecule has 0 spiro atoms. The molecule has 8 heteroatoms. The lowest BCUT2D eigenvalue weighted by Crippen LogP contribution is -2.41. The lowest BCUT2D eigenvalue weighted by Gasteiger charge is -2.32. The van der Waals surface area contributed by atoms with Gasteiger partial charge in [-0.3, -0.25) is 0 Å². The summed E-state index contributed by atoms with van der Waals surface area (Å²) in [7, 11) is -0.779. The summed E-state index contributed by atoms with van der Waals surface area (Å²) >= 11 is 0. The predicted octanol–water partition coefficient (Wildman–Crippen LogP) is 6.08. The van der Waals surface area contributed by atoms with Gasteiger partial charge in [-0.05, 0) is 67.6 Å². The summed E-state index contributed by atoms with van der Waals surface area (Å²) in [5.41, 5.74) is 4.29. The molecule has 1 aliphatic carbocycles. The van der Waals surface area contributed by atoms with E-state index < -0.39 is 30.2 Å². The number of aromatic hydroxyl groups is 1. The number of fused-ring (bicyclic) bond motifs is 3. The van der Waals surface area contributed by atoms with Crippen LogP contribution in [0.15, 0.2) is 72.2 Å². The second-order valence-corrected chi connectivity index (χ2v) is 10.7. The maximum atomic E-state index is 13.5. The SMILES string of the molecule is CC1(C)OB(C(=Cc2ccc(F)cc2O)CNC(=O)OCC2c3ccccc3-c3ccccc32)OC1(C)C. The number of benzene rings is 3. The van der Waals surface area contributed by atoms with E-state index in [9.17, 15) is 14.3 Å². The molecule has 3 aromatic rings. The van der Waals surface area contributed by atoms with Crippen LogP contribution >= 0.6 is 0 Å². The Kier molecular flexibility index (Phi) is 6.80. The van der Waals surface area contributed by atoms with Crippen LogP contribution in [0.4, 0.5) is 9.18 Å². The van der Waals surface area contributed by atoms with Crippen LogP contribution in [-0.2, 0) is 14.0 Å². The quantitative estimate of drug-likeness (QED) is 0.389. The number of carbonyl (C=O) groups excluding carboxylic acids is 1. The number of halogens is 1. The Morgan fingerprint density at radius 1 is 1.00 bits per heavy atom. The minimum absolute atomic E-state index is 0.0459. The third-order valence-corrected chi connectivity index (χ3v) is 7.67. The zero-order valence-electron chi connectivity index (χ0n) is 22.0. The first-order chi connectivity index (χ1) is 18.1. The molecule has 1 aliphatic heterocycles. The van der Waals surface area contributed by atoms with Crippen molar-refractivity contribution < 1.29 is 28.3 Å². The van der Waals surface area contributed by atoms with Crippen molar-refractivity contribution in [3.05, 3.63) is 94.7 Å². The van der Waals surface area contributed by atoms with Crippen molar-refractivity contribution in [1.82, 2.24) is 5.32 Å². The molecule has 0 saturated carbocycles. The van der Waals surface area contributed by atoms with Crippen LogP contribution in [0, 0.1) is 5.82 Å². The van der Waals surface area contributed by atoms with Crippen molar-refractivity contribution >= 4 is 19.3 Å². The van der Waals surface area contributed by atoms with E-state index in [1.54, 1.807) is 6.08 Å². The number of hydrogen-bond donors (Lipinski definition) is 2. The van der Waals surface area contributed by atoms with Gasteiger partial charge in [-0.15, -0.1) is 0 Å². The van der Waals surface area contributed by atoms with Crippen molar-refractivity contribution in [2.45, 2.75) is 44.8 Å². The summed E-state index contributed by atoms with van der Waals surface area (Å²) in [4.78, 5) is 12.8. The van der Waals surface area contributed by atoms with E-state index in [2.05, 4.69) is 29.6 Å². The van der Waals surface area contributed by atoms with Crippen molar-refractivity contribution in [1.29, 1.82) is 0 Å². The Hall–Kier alpha value is -3.62. The van der Waals surface area contributed by atoms with Crippen LogP contribution in [0.25, 0.3) is 17.2 Å². The van der Waals surface area contributed by atoms with Crippen LogP contribution in [0.2, 0.25) is 0 Å². The summed E-state index contributed by atoms with van der Waals surface area (Å²) in [6.07, 6.45) is 1.05. The van der Waals surface area contributed by atoms with Crippen molar-refractivity contribution in [2.75, 3.05) is 13.2 Å². The highest BCUT2D eigenvalue weighted by molar-refractivity contribution is 6.56. The number of nitrogens with one attached hydrogen (secondary N) is 1. The van der Waals surface area contributed by atoms with Crippen LogP contribution in [0.1, 0.15) is 50.3 Å². The normalized spacial score (nSPS) is 17.7. The van der Waals surface area contributed by atoms with Gasteiger partial charge in [0.2, 0.25) is 0 Å². The second kappa shape index (κ2) is 9.93. The first-order valence-electron chi connectivity index (χ1n) is 12.7. The molecule has 0 atom stereocenters. The highest BCUT2D eigenvalue weighted by atomic mass is 19.1. The molecular weight excluding hydrogens is 484 g/mol.